The molecule has 0 saturated carbocycles. The van der Waals surface area contributed by atoms with Crippen LogP contribution in [0.15, 0.2) is 15.6 Å². The number of nitrogens with zero attached hydrogens (tertiary/aromatic N) is 5. The minimum Gasteiger partial charge on any atom is -0.357 e. The van der Waals surface area contributed by atoms with Crippen molar-refractivity contribution in [1.82, 2.24) is 30.6 Å². The largest absolute Gasteiger partial charge is 0.357 e. The van der Waals surface area contributed by atoms with Gasteiger partial charge >= 0.3 is 0 Å². The Bertz CT molecular complexity index is 650. The molecular formula is C15H26IN7O. The summed E-state index contributed by atoms with van der Waals surface area (Å²) in [6, 6.07) is 2.09. The van der Waals surface area contributed by atoms with Crippen LogP contribution in [-0.2, 0) is 13.1 Å². The van der Waals surface area contributed by atoms with E-state index in [-0.39, 0.29) is 24.0 Å². The SMILES string of the molecule is CCNC(=NCc1noc(C)n1)NCCCn1nc(C)cc1C.I. The van der Waals surface area contributed by atoms with Crippen molar-refractivity contribution in [3.05, 3.63) is 29.2 Å². The number of aromatic nitrogens is 4. The highest BCUT2D eigenvalue weighted by molar-refractivity contribution is 14.0. The predicted molar refractivity (Wildman–Crippen MR) is 104 cm³/mol. The molecule has 0 fully saturated rings. The van der Waals surface area contributed by atoms with Crippen LogP contribution < -0.4 is 10.6 Å². The molecule has 2 heterocycles. The van der Waals surface area contributed by atoms with Crippen LogP contribution in [0.2, 0.25) is 0 Å². The van der Waals surface area contributed by atoms with Gasteiger partial charge < -0.3 is 15.2 Å². The summed E-state index contributed by atoms with van der Waals surface area (Å²) < 4.78 is 6.97. The van der Waals surface area contributed by atoms with E-state index in [1.807, 2.05) is 18.5 Å². The Morgan fingerprint density at radius 1 is 1.29 bits per heavy atom. The van der Waals surface area contributed by atoms with Crippen molar-refractivity contribution in [2.75, 3.05) is 13.1 Å². The predicted octanol–water partition coefficient (Wildman–Crippen LogP) is 1.95. The molecule has 0 spiro atoms. The third-order valence-corrected chi connectivity index (χ3v) is 3.23. The first-order valence-corrected chi connectivity index (χ1v) is 7.91. The molecule has 0 aromatic carbocycles. The molecule has 0 aliphatic rings. The molecule has 8 nitrogen and oxygen atoms in total. The van der Waals surface area contributed by atoms with Crippen molar-refractivity contribution in [2.45, 2.75) is 47.2 Å². The van der Waals surface area contributed by atoms with E-state index >= 15 is 0 Å². The number of guanidine groups is 1. The maximum atomic E-state index is 4.94. The van der Waals surface area contributed by atoms with E-state index in [0.717, 1.165) is 37.7 Å². The van der Waals surface area contributed by atoms with Gasteiger partial charge in [0.25, 0.3) is 0 Å². The fraction of sp³-hybridized carbons (Fsp3) is 0.600. The summed E-state index contributed by atoms with van der Waals surface area (Å²) in [7, 11) is 0. The van der Waals surface area contributed by atoms with Gasteiger partial charge in [0.2, 0.25) is 5.89 Å². The Kier molecular flexibility index (Phi) is 8.72. The highest BCUT2D eigenvalue weighted by Crippen LogP contribution is 2.02. The second kappa shape index (κ2) is 10.3. The normalized spacial score (nSPS) is 11.2. The third-order valence-electron chi connectivity index (χ3n) is 3.23. The maximum absolute atomic E-state index is 4.94. The van der Waals surface area contributed by atoms with Crippen molar-refractivity contribution in [2.24, 2.45) is 4.99 Å². The van der Waals surface area contributed by atoms with Crippen molar-refractivity contribution in [3.8, 4) is 0 Å². The summed E-state index contributed by atoms with van der Waals surface area (Å²) in [5.41, 5.74) is 2.25. The molecule has 0 saturated heterocycles. The summed E-state index contributed by atoms with van der Waals surface area (Å²) in [5, 5.41) is 14.8. The molecule has 0 atom stereocenters. The van der Waals surface area contributed by atoms with E-state index in [2.05, 4.69) is 43.9 Å². The molecule has 0 bridgehead atoms. The molecule has 0 aliphatic carbocycles. The van der Waals surface area contributed by atoms with E-state index in [1.165, 1.54) is 5.69 Å². The van der Waals surface area contributed by atoms with Gasteiger partial charge in [-0.2, -0.15) is 10.1 Å². The summed E-state index contributed by atoms with van der Waals surface area (Å²) in [4.78, 5) is 8.59. The molecule has 9 heteroatoms. The van der Waals surface area contributed by atoms with Crippen LogP contribution >= 0.6 is 24.0 Å². The minimum absolute atomic E-state index is 0. The number of aryl methyl sites for hydroxylation is 4. The van der Waals surface area contributed by atoms with E-state index in [1.54, 1.807) is 6.92 Å². The van der Waals surface area contributed by atoms with Gasteiger partial charge in [-0.3, -0.25) is 4.68 Å². The molecule has 0 amide bonds. The highest BCUT2D eigenvalue weighted by atomic mass is 127. The smallest absolute Gasteiger partial charge is 0.223 e. The van der Waals surface area contributed by atoms with Gasteiger partial charge in [-0.1, -0.05) is 5.16 Å². The van der Waals surface area contributed by atoms with Crippen LogP contribution in [0.3, 0.4) is 0 Å². The highest BCUT2D eigenvalue weighted by Gasteiger charge is 2.03. The standard InChI is InChI=1S/C15H25N7O.HI/c1-5-16-15(18-10-14-19-13(4)23-21-14)17-7-6-8-22-12(3)9-11(2)20-22;/h9H,5-8,10H2,1-4H3,(H2,16,17,18);1H. The lowest BCUT2D eigenvalue weighted by Crippen LogP contribution is -2.38. The summed E-state index contributed by atoms with van der Waals surface area (Å²) in [6.07, 6.45) is 0.966. The first-order valence-electron chi connectivity index (χ1n) is 7.91. The maximum Gasteiger partial charge on any atom is 0.223 e. The van der Waals surface area contributed by atoms with Gasteiger partial charge in [-0.05, 0) is 33.3 Å². The zero-order valence-electron chi connectivity index (χ0n) is 14.7. The van der Waals surface area contributed by atoms with E-state index in [0.29, 0.717) is 18.3 Å². The summed E-state index contributed by atoms with van der Waals surface area (Å²) in [5.74, 6) is 1.89. The summed E-state index contributed by atoms with van der Waals surface area (Å²) in [6.45, 7) is 10.8. The molecule has 134 valence electrons. The fourth-order valence-electron chi connectivity index (χ4n) is 2.23. The average molecular weight is 447 g/mol. The van der Waals surface area contributed by atoms with Crippen molar-refractivity contribution >= 4 is 29.9 Å². The van der Waals surface area contributed by atoms with Crippen LogP contribution in [-0.4, -0.2) is 39.0 Å². The second-order valence-corrected chi connectivity index (χ2v) is 5.36. The summed E-state index contributed by atoms with van der Waals surface area (Å²) >= 11 is 0. The van der Waals surface area contributed by atoms with Crippen LogP contribution in [0.5, 0.6) is 0 Å². The van der Waals surface area contributed by atoms with Crippen LogP contribution in [0.25, 0.3) is 0 Å². The van der Waals surface area contributed by atoms with Gasteiger partial charge in [-0.15, -0.1) is 24.0 Å². The Balaban J connectivity index is 0.00000288. The lowest BCUT2D eigenvalue weighted by atomic mass is 10.4. The van der Waals surface area contributed by atoms with Gasteiger partial charge in [0.05, 0.1) is 5.69 Å². The van der Waals surface area contributed by atoms with Gasteiger partial charge in [0, 0.05) is 32.3 Å². The first-order chi connectivity index (χ1) is 11.1. The van der Waals surface area contributed by atoms with Gasteiger partial charge in [-0.25, -0.2) is 4.99 Å². The second-order valence-electron chi connectivity index (χ2n) is 5.36. The Hall–Kier alpha value is -1.65. The number of nitrogens with one attached hydrogen (secondary N) is 2. The zero-order chi connectivity index (χ0) is 16.7. The topological polar surface area (TPSA) is 93.2 Å². The first kappa shape index (κ1) is 20.4. The average Bonchev–Trinajstić information content (AvgIpc) is 3.06. The lowest BCUT2D eigenvalue weighted by Gasteiger charge is -2.11. The third kappa shape index (κ3) is 6.46. The minimum atomic E-state index is 0. The Morgan fingerprint density at radius 2 is 2.08 bits per heavy atom. The van der Waals surface area contributed by atoms with Crippen molar-refractivity contribution in [3.63, 3.8) is 0 Å². The van der Waals surface area contributed by atoms with E-state index in [4.69, 9.17) is 4.52 Å². The molecule has 24 heavy (non-hydrogen) atoms. The molecule has 2 aromatic rings. The van der Waals surface area contributed by atoms with Gasteiger partial charge in [0.1, 0.15) is 6.54 Å². The lowest BCUT2D eigenvalue weighted by molar-refractivity contribution is 0.387. The van der Waals surface area contributed by atoms with Crippen LogP contribution in [0.1, 0.15) is 36.4 Å². The fourth-order valence-corrected chi connectivity index (χ4v) is 2.23. The number of aliphatic imine (C=N–C) groups is 1. The number of hydrogen-bond donors (Lipinski definition) is 2. The Labute approximate surface area is 159 Å². The van der Waals surface area contributed by atoms with E-state index in [9.17, 15) is 0 Å². The van der Waals surface area contributed by atoms with Crippen molar-refractivity contribution in [1.29, 1.82) is 0 Å². The number of halogens is 1. The Morgan fingerprint density at radius 3 is 2.67 bits per heavy atom. The zero-order valence-corrected chi connectivity index (χ0v) is 17.0. The molecule has 2 aromatic heterocycles. The molecule has 0 aliphatic heterocycles. The molecule has 0 radical (unpaired) electrons. The molecule has 2 rings (SSSR count). The molecule has 2 N–H and O–H groups in total. The van der Waals surface area contributed by atoms with Crippen LogP contribution in [0, 0.1) is 20.8 Å². The number of hydrogen-bond acceptors (Lipinski definition) is 5. The quantitative estimate of drug-likeness (QED) is 0.292. The van der Waals surface area contributed by atoms with E-state index < -0.39 is 0 Å². The number of rotatable bonds is 7. The van der Waals surface area contributed by atoms with Crippen LogP contribution in [0.4, 0.5) is 0 Å². The monoisotopic (exact) mass is 447 g/mol. The molecule has 0 unspecified atom stereocenters. The molecular weight excluding hydrogens is 421 g/mol. The van der Waals surface area contributed by atoms with Gasteiger partial charge in [0.15, 0.2) is 11.8 Å². The van der Waals surface area contributed by atoms with Crippen molar-refractivity contribution < 1.29 is 4.52 Å².